The highest BCUT2D eigenvalue weighted by Gasteiger charge is 2.28. The van der Waals surface area contributed by atoms with Crippen molar-refractivity contribution in [1.29, 1.82) is 0 Å². The number of carboxylic acids is 1. The lowest BCUT2D eigenvalue weighted by atomic mass is 10.0. The molecule has 0 saturated carbocycles. The standard InChI is InChI=1S/C29H29N3O7S/c1-16(2)25(29(35)36)32-40(37,38)21-14-10-19(11-15-21)18-8-12-20(13-9-18)31-28(34)26-17(3)24-22(27(33)30-4)6-5-7-23(24)39-26/h5-16,25,32H,1-4H3,(H,30,33)(H,31,34)(H,35,36). The third-order valence-corrected chi connectivity index (χ3v) is 7.94. The third kappa shape index (κ3) is 5.75. The average Bonchev–Trinajstić information content (AvgIpc) is 3.28. The van der Waals surface area contributed by atoms with Gasteiger partial charge >= 0.3 is 5.97 Å². The summed E-state index contributed by atoms with van der Waals surface area (Å²) in [5, 5.41) is 15.3. The number of carbonyl (C=O) groups excluding carboxylic acids is 2. The van der Waals surface area contributed by atoms with E-state index in [-0.39, 0.29) is 16.6 Å². The monoisotopic (exact) mass is 563 g/mol. The number of benzene rings is 3. The molecule has 0 aliphatic rings. The van der Waals surface area contributed by atoms with E-state index in [4.69, 9.17) is 4.42 Å². The maximum Gasteiger partial charge on any atom is 0.322 e. The van der Waals surface area contributed by atoms with Gasteiger partial charge in [0.15, 0.2) is 5.76 Å². The molecule has 0 bridgehead atoms. The molecule has 0 radical (unpaired) electrons. The first-order valence-electron chi connectivity index (χ1n) is 12.4. The van der Waals surface area contributed by atoms with E-state index >= 15 is 0 Å². The highest BCUT2D eigenvalue weighted by atomic mass is 32.2. The molecular weight excluding hydrogens is 534 g/mol. The number of carbonyl (C=O) groups is 3. The lowest BCUT2D eigenvalue weighted by molar-refractivity contribution is -0.140. The van der Waals surface area contributed by atoms with Gasteiger partial charge in [0, 0.05) is 23.7 Å². The normalized spacial score (nSPS) is 12.3. The van der Waals surface area contributed by atoms with Crippen LogP contribution >= 0.6 is 0 Å². The number of furan rings is 1. The summed E-state index contributed by atoms with van der Waals surface area (Å²) in [5.41, 5.74) is 3.41. The fourth-order valence-electron chi connectivity index (χ4n) is 4.31. The van der Waals surface area contributed by atoms with Crippen molar-refractivity contribution in [2.24, 2.45) is 5.92 Å². The van der Waals surface area contributed by atoms with Crippen molar-refractivity contribution >= 4 is 44.5 Å². The summed E-state index contributed by atoms with van der Waals surface area (Å²) in [6.45, 7) is 4.97. The van der Waals surface area contributed by atoms with Crippen molar-refractivity contribution in [3.63, 3.8) is 0 Å². The number of hydrogen-bond acceptors (Lipinski definition) is 6. The van der Waals surface area contributed by atoms with Crippen LogP contribution < -0.4 is 15.4 Å². The molecule has 10 nitrogen and oxygen atoms in total. The second-order valence-corrected chi connectivity index (χ2v) is 11.3. The molecule has 4 N–H and O–H groups in total. The Balaban J connectivity index is 1.50. The van der Waals surface area contributed by atoms with Crippen molar-refractivity contribution < 1.29 is 32.3 Å². The zero-order valence-electron chi connectivity index (χ0n) is 22.3. The van der Waals surface area contributed by atoms with Gasteiger partial charge < -0.3 is 20.2 Å². The number of hydrogen-bond donors (Lipinski definition) is 4. The summed E-state index contributed by atoms with van der Waals surface area (Å²) in [4.78, 5) is 36.6. The predicted molar refractivity (Wildman–Crippen MR) is 151 cm³/mol. The Hall–Kier alpha value is -4.48. The first kappa shape index (κ1) is 28.5. The van der Waals surface area contributed by atoms with Gasteiger partial charge in [-0.05, 0) is 60.4 Å². The number of rotatable bonds is 9. The highest BCUT2D eigenvalue weighted by Crippen LogP contribution is 2.30. The van der Waals surface area contributed by atoms with E-state index in [1.807, 2.05) is 0 Å². The molecule has 0 saturated heterocycles. The molecule has 1 heterocycles. The number of anilines is 1. The maximum absolute atomic E-state index is 13.0. The molecule has 40 heavy (non-hydrogen) atoms. The molecule has 2 amide bonds. The van der Waals surface area contributed by atoms with Gasteiger partial charge in [0.25, 0.3) is 11.8 Å². The second-order valence-electron chi connectivity index (χ2n) is 9.55. The van der Waals surface area contributed by atoms with Crippen LogP contribution in [0.15, 0.2) is 76.0 Å². The van der Waals surface area contributed by atoms with Crippen molar-refractivity contribution in [2.45, 2.75) is 31.7 Å². The van der Waals surface area contributed by atoms with Crippen LogP contribution in [0.25, 0.3) is 22.1 Å². The molecular formula is C29H29N3O7S. The van der Waals surface area contributed by atoms with Gasteiger partial charge in [-0.3, -0.25) is 14.4 Å². The Morgan fingerprint density at radius 3 is 2.02 bits per heavy atom. The van der Waals surface area contributed by atoms with E-state index in [1.165, 1.54) is 19.2 Å². The summed E-state index contributed by atoms with van der Waals surface area (Å²) < 4.78 is 33.3. The molecule has 1 atom stereocenters. The van der Waals surface area contributed by atoms with Crippen molar-refractivity contribution in [1.82, 2.24) is 10.0 Å². The molecule has 0 fully saturated rings. The number of nitrogens with one attached hydrogen (secondary N) is 3. The predicted octanol–water partition coefficient (Wildman–Crippen LogP) is 4.41. The van der Waals surface area contributed by atoms with E-state index < -0.39 is 33.9 Å². The highest BCUT2D eigenvalue weighted by molar-refractivity contribution is 7.89. The van der Waals surface area contributed by atoms with E-state index in [9.17, 15) is 27.9 Å². The lowest BCUT2D eigenvalue weighted by Gasteiger charge is -2.18. The Morgan fingerprint density at radius 2 is 1.48 bits per heavy atom. The molecule has 208 valence electrons. The Morgan fingerprint density at radius 1 is 0.875 bits per heavy atom. The van der Waals surface area contributed by atoms with Gasteiger partial charge in [-0.25, -0.2) is 8.42 Å². The van der Waals surface area contributed by atoms with Gasteiger partial charge in [-0.15, -0.1) is 0 Å². The Kier molecular flexibility index (Phi) is 8.08. The van der Waals surface area contributed by atoms with E-state index in [2.05, 4.69) is 15.4 Å². The van der Waals surface area contributed by atoms with Gasteiger partial charge in [-0.2, -0.15) is 4.72 Å². The minimum absolute atomic E-state index is 0.0483. The van der Waals surface area contributed by atoms with Crippen molar-refractivity contribution in [3.05, 3.63) is 83.6 Å². The minimum atomic E-state index is -4.03. The lowest BCUT2D eigenvalue weighted by Crippen LogP contribution is -2.44. The van der Waals surface area contributed by atoms with Crippen LogP contribution in [0.2, 0.25) is 0 Å². The first-order chi connectivity index (χ1) is 18.9. The molecule has 4 rings (SSSR count). The number of sulfonamides is 1. The van der Waals surface area contributed by atoms with Gasteiger partial charge in [0.1, 0.15) is 11.6 Å². The van der Waals surface area contributed by atoms with Gasteiger partial charge in [0.05, 0.1) is 10.5 Å². The summed E-state index contributed by atoms with van der Waals surface area (Å²) in [7, 11) is -2.49. The molecule has 3 aromatic carbocycles. The van der Waals surface area contributed by atoms with E-state index in [0.717, 1.165) is 11.1 Å². The Bertz CT molecular complexity index is 1690. The summed E-state index contributed by atoms with van der Waals surface area (Å²) in [6, 6.07) is 16.8. The van der Waals surface area contributed by atoms with E-state index in [0.29, 0.717) is 27.8 Å². The smallest absolute Gasteiger partial charge is 0.322 e. The van der Waals surface area contributed by atoms with Crippen LogP contribution in [0.3, 0.4) is 0 Å². The molecule has 0 aliphatic heterocycles. The van der Waals surface area contributed by atoms with Crippen LogP contribution in [-0.4, -0.2) is 44.4 Å². The van der Waals surface area contributed by atoms with Crippen molar-refractivity contribution in [2.75, 3.05) is 12.4 Å². The number of amides is 2. The zero-order valence-corrected chi connectivity index (χ0v) is 23.1. The first-order valence-corrected chi connectivity index (χ1v) is 13.9. The average molecular weight is 564 g/mol. The van der Waals surface area contributed by atoms with Crippen LogP contribution in [0.4, 0.5) is 5.69 Å². The third-order valence-electron chi connectivity index (χ3n) is 6.49. The second kappa shape index (κ2) is 11.3. The summed E-state index contributed by atoms with van der Waals surface area (Å²) >= 11 is 0. The van der Waals surface area contributed by atoms with Crippen LogP contribution in [-0.2, 0) is 14.8 Å². The minimum Gasteiger partial charge on any atom is -0.480 e. The molecule has 0 spiro atoms. The fraction of sp³-hybridized carbons (Fsp3) is 0.207. The molecule has 1 aromatic heterocycles. The summed E-state index contributed by atoms with van der Waals surface area (Å²) in [5.74, 6) is -2.32. The molecule has 1 unspecified atom stereocenters. The van der Waals surface area contributed by atoms with Crippen LogP contribution in [0, 0.1) is 12.8 Å². The molecule has 0 aliphatic carbocycles. The zero-order chi connectivity index (χ0) is 29.2. The maximum atomic E-state index is 13.0. The van der Waals surface area contributed by atoms with Gasteiger partial charge in [0.2, 0.25) is 10.0 Å². The fourth-order valence-corrected chi connectivity index (χ4v) is 5.65. The van der Waals surface area contributed by atoms with Gasteiger partial charge in [-0.1, -0.05) is 44.2 Å². The molecule has 11 heteroatoms. The summed E-state index contributed by atoms with van der Waals surface area (Å²) in [6.07, 6.45) is 0. The largest absolute Gasteiger partial charge is 0.480 e. The van der Waals surface area contributed by atoms with Crippen molar-refractivity contribution in [3.8, 4) is 11.1 Å². The number of carboxylic acid groups (broad SMARTS) is 1. The quantitative estimate of drug-likeness (QED) is 0.235. The topological polar surface area (TPSA) is 155 Å². The SMILES string of the molecule is CNC(=O)c1cccc2oc(C(=O)Nc3ccc(-c4ccc(S(=O)(=O)NC(C(=O)O)C(C)C)cc4)cc3)c(C)c12. The van der Waals surface area contributed by atoms with Crippen LogP contribution in [0.1, 0.15) is 40.3 Å². The van der Waals surface area contributed by atoms with E-state index in [1.54, 1.807) is 75.4 Å². The number of aliphatic carboxylic acids is 1. The number of aryl methyl sites for hydroxylation is 1. The molecule has 4 aromatic rings. The van der Waals surface area contributed by atoms with Crippen LogP contribution in [0.5, 0.6) is 0 Å². The Labute approximate surface area is 231 Å². The number of fused-ring (bicyclic) bond motifs is 1.